The fourth-order valence-electron chi connectivity index (χ4n) is 2.18. The molecule has 21 heavy (non-hydrogen) atoms. The van der Waals surface area contributed by atoms with Gasteiger partial charge in [-0.15, -0.1) is 0 Å². The Morgan fingerprint density at radius 1 is 1.10 bits per heavy atom. The first-order valence-corrected chi connectivity index (χ1v) is 7.26. The molecular weight excluding hydrogens is 284 g/mol. The van der Waals surface area contributed by atoms with Crippen molar-refractivity contribution in [3.05, 3.63) is 58.6 Å². The third-order valence-electron chi connectivity index (χ3n) is 3.18. The van der Waals surface area contributed by atoms with E-state index in [9.17, 15) is 0 Å². The summed E-state index contributed by atoms with van der Waals surface area (Å²) in [7, 11) is 5.80. The number of rotatable bonds is 6. The van der Waals surface area contributed by atoms with E-state index in [1.54, 1.807) is 7.11 Å². The Kier molecular flexibility index (Phi) is 5.48. The molecule has 0 amide bonds. The zero-order valence-corrected chi connectivity index (χ0v) is 13.4. The fourth-order valence-corrected chi connectivity index (χ4v) is 2.37. The number of anilines is 1. The van der Waals surface area contributed by atoms with Gasteiger partial charge in [0.1, 0.15) is 5.75 Å². The molecule has 2 rings (SSSR count). The van der Waals surface area contributed by atoms with Gasteiger partial charge in [0.25, 0.3) is 0 Å². The van der Waals surface area contributed by atoms with Crippen LogP contribution in [0.25, 0.3) is 0 Å². The number of hydrogen-bond donors (Lipinski definition) is 1. The van der Waals surface area contributed by atoms with Crippen LogP contribution in [0.3, 0.4) is 0 Å². The number of ether oxygens (including phenoxy) is 1. The fraction of sp³-hybridized carbons (Fsp3) is 0.294. The van der Waals surface area contributed by atoms with E-state index in [1.165, 1.54) is 5.56 Å². The number of hydrogen-bond acceptors (Lipinski definition) is 3. The Balaban J connectivity index is 2.01. The van der Waals surface area contributed by atoms with Gasteiger partial charge in [0.2, 0.25) is 0 Å². The molecule has 0 saturated heterocycles. The lowest BCUT2D eigenvalue weighted by Crippen LogP contribution is -2.10. The number of benzene rings is 2. The van der Waals surface area contributed by atoms with Crippen molar-refractivity contribution in [1.82, 2.24) is 4.90 Å². The molecule has 0 radical (unpaired) electrons. The maximum absolute atomic E-state index is 6.04. The van der Waals surface area contributed by atoms with E-state index < -0.39 is 0 Å². The lowest BCUT2D eigenvalue weighted by molar-refractivity contribution is 0.402. The van der Waals surface area contributed by atoms with Crippen molar-refractivity contribution in [3.63, 3.8) is 0 Å². The highest BCUT2D eigenvalue weighted by atomic mass is 35.5. The highest BCUT2D eigenvalue weighted by Crippen LogP contribution is 2.23. The normalized spacial score (nSPS) is 10.7. The molecule has 112 valence electrons. The quantitative estimate of drug-likeness (QED) is 0.872. The van der Waals surface area contributed by atoms with Gasteiger partial charge < -0.3 is 15.0 Å². The highest BCUT2D eigenvalue weighted by Gasteiger charge is 2.04. The third kappa shape index (κ3) is 4.66. The first kappa shape index (κ1) is 15.7. The van der Waals surface area contributed by atoms with Crippen molar-refractivity contribution in [3.8, 4) is 5.75 Å². The molecule has 0 atom stereocenters. The van der Waals surface area contributed by atoms with Crippen molar-refractivity contribution < 1.29 is 4.74 Å². The number of halogens is 1. The summed E-state index contributed by atoms with van der Waals surface area (Å²) < 4.78 is 5.35. The van der Waals surface area contributed by atoms with Crippen molar-refractivity contribution in [2.24, 2.45) is 0 Å². The van der Waals surface area contributed by atoms with Gasteiger partial charge in [-0.2, -0.15) is 0 Å². The molecule has 0 heterocycles. The lowest BCUT2D eigenvalue weighted by Gasteiger charge is -2.13. The predicted octanol–water partition coefficient (Wildman–Crippen LogP) is 4.02. The zero-order valence-electron chi connectivity index (χ0n) is 12.7. The van der Waals surface area contributed by atoms with E-state index in [1.807, 2.05) is 18.2 Å². The third-order valence-corrected chi connectivity index (χ3v) is 3.41. The number of nitrogens with one attached hydrogen (secondary N) is 1. The second kappa shape index (κ2) is 7.34. The highest BCUT2D eigenvalue weighted by molar-refractivity contribution is 6.30. The van der Waals surface area contributed by atoms with Crippen molar-refractivity contribution >= 4 is 17.3 Å². The maximum Gasteiger partial charge on any atom is 0.123 e. The standard InChI is InChI=1S/C17H21ClN2O/c1-20(2)12-13-4-7-16(8-5-13)19-11-14-10-15(18)6-9-17(14)21-3/h4-10,19H,11-12H2,1-3H3. The van der Waals surface area contributed by atoms with E-state index in [-0.39, 0.29) is 0 Å². The molecule has 0 aliphatic rings. The first-order chi connectivity index (χ1) is 10.1. The van der Waals surface area contributed by atoms with E-state index in [0.29, 0.717) is 11.6 Å². The minimum atomic E-state index is 0.677. The zero-order chi connectivity index (χ0) is 15.2. The molecule has 4 heteroatoms. The molecule has 3 nitrogen and oxygen atoms in total. The topological polar surface area (TPSA) is 24.5 Å². The molecule has 0 unspecified atom stereocenters. The summed E-state index contributed by atoms with van der Waals surface area (Å²) in [5.74, 6) is 0.844. The minimum absolute atomic E-state index is 0.677. The van der Waals surface area contributed by atoms with Crippen LogP contribution in [-0.4, -0.2) is 26.1 Å². The van der Waals surface area contributed by atoms with Crippen LogP contribution in [0, 0.1) is 0 Å². The van der Waals surface area contributed by atoms with Gasteiger partial charge in [-0.05, 0) is 50.0 Å². The summed E-state index contributed by atoms with van der Waals surface area (Å²) in [6, 6.07) is 14.1. The molecule has 0 aliphatic carbocycles. The van der Waals surface area contributed by atoms with Crippen LogP contribution >= 0.6 is 11.6 Å². The van der Waals surface area contributed by atoms with Gasteiger partial charge in [-0.1, -0.05) is 23.7 Å². The van der Waals surface area contributed by atoms with Crippen molar-refractivity contribution in [2.45, 2.75) is 13.1 Å². The largest absolute Gasteiger partial charge is 0.496 e. The summed E-state index contributed by atoms with van der Waals surface area (Å²) in [6.07, 6.45) is 0. The van der Waals surface area contributed by atoms with Gasteiger partial charge in [0.15, 0.2) is 0 Å². The SMILES string of the molecule is COc1ccc(Cl)cc1CNc1ccc(CN(C)C)cc1. The smallest absolute Gasteiger partial charge is 0.123 e. The van der Waals surface area contributed by atoms with Gasteiger partial charge in [0, 0.05) is 29.4 Å². The van der Waals surface area contributed by atoms with E-state index in [0.717, 1.165) is 23.5 Å². The van der Waals surface area contributed by atoms with Gasteiger partial charge in [0.05, 0.1) is 7.11 Å². The summed E-state index contributed by atoms with van der Waals surface area (Å²) in [6.45, 7) is 1.62. The van der Waals surface area contributed by atoms with Crippen LogP contribution in [0.2, 0.25) is 5.02 Å². The Morgan fingerprint density at radius 3 is 2.43 bits per heavy atom. The average Bonchev–Trinajstić information content (AvgIpc) is 2.46. The monoisotopic (exact) mass is 304 g/mol. The predicted molar refractivity (Wildman–Crippen MR) is 89.2 cm³/mol. The number of nitrogens with zero attached hydrogens (tertiary/aromatic N) is 1. The van der Waals surface area contributed by atoms with E-state index >= 15 is 0 Å². The molecule has 0 aromatic heterocycles. The van der Waals surface area contributed by atoms with Gasteiger partial charge in [-0.25, -0.2) is 0 Å². The first-order valence-electron chi connectivity index (χ1n) is 6.88. The Morgan fingerprint density at radius 2 is 1.81 bits per heavy atom. The molecule has 2 aromatic carbocycles. The Hall–Kier alpha value is -1.71. The summed E-state index contributed by atoms with van der Waals surface area (Å²) in [5.41, 5.74) is 3.42. The Bertz CT molecular complexity index is 582. The van der Waals surface area contributed by atoms with Crippen LogP contribution < -0.4 is 10.1 Å². The van der Waals surface area contributed by atoms with Gasteiger partial charge in [-0.3, -0.25) is 0 Å². The summed E-state index contributed by atoms with van der Waals surface area (Å²) >= 11 is 6.04. The molecular formula is C17H21ClN2O. The molecule has 0 bridgehead atoms. The summed E-state index contributed by atoms with van der Waals surface area (Å²) in [5, 5.41) is 4.11. The molecule has 0 spiro atoms. The van der Waals surface area contributed by atoms with E-state index in [2.05, 4.69) is 48.6 Å². The van der Waals surface area contributed by atoms with Crippen LogP contribution in [0.15, 0.2) is 42.5 Å². The van der Waals surface area contributed by atoms with Crippen LogP contribution in [0.4, 0.5) is 5.69 Å². The second-order valence-corrected chi connectivity index (χ2v) is 5.68. The molecule has 2 aromatic rings. The molecule has 0 saturated carbocycles. The van der Waals surface area contributed by atoms with Crippen LogP contribution in [0.1, 0.15) is 11.1 Å². The lowest BCUT2D eigenvalue weighted by atomic mass is 10.1. The Labute approximate surface area is 131 Å². The molecule has 0 aliphatic heterocycles. The average molecular weight is 305 g/mol. The molecule has 0 fully saturated rings. The van der Waals surface area contributed by atoms with Crippen molar-refractivity contribution in [1.29, 1.82) is 0 Å². The second-order valence-electron chi connectivity index (χ2n) is 5.24. The van der Waals surface area contributed by atoms with Crippen LogP contribution in [-0.2, 0) is 13.1 Å². The summed E-state index contributed by atoms with van der Waals surface area (Å²) in [4.78, 5) is 2.15. The van der Waals surface area contributed by atoms with Crippen molar-refractivity contribution in [2.75, 3.05) is 26.5 Å². The van der Waals surface area contributed by atoms with Crippen LogP contribution in [0.5, 0.6) is 5.75 Å². The molecule has 1 N–H and O–H groups in total. The number of methoxy groups -OCH3 is 1. The van der Waals surface area contributed by atoms with Gasteiger partial charge >= 0.3 is 0 Å². The van der Waals surface area contributed by atoms with E-state index in [4.69, 9.17) is 16.3 Å². The maximum atomic E-state index is 6.04. The minimum Gasteiger partial charge on any atom is -0.496 e.